The molecule has 0 saturated heterocycles. The van der Waals surface area contributed by atoms with Gasteiger partial charge in [0.15, 0.2) is 6.10 Å². The third-order valence-electron chi connectivity index (χ3n) is 1.49. The van der Waals surface area contributed by atoms with E-state index in [4.69, 9.17) is 21.8 Å². The van der Waals surface area contributed by atoms with Crippen molar-refractivity contribution in [2.24, 2.45) is 0 Å². The third-order valence-corrected chi connectivity index (χ3v) is 2.73. The van der Waals surface area contributed by atoms with E-state index in [1.165, 1.54) is 12.1 Å². The third kappa shape index (κ3) is 2.43. The Balaban J connectivity index is 3.03. The van der Waals surface area contributed by atoms with Crippen LogP contribution in [0, 0.1) is 0 Å². The van der Waals surface area contributed by atoms with Crippen LogP contribution in [0.1, 0.15) is 11.7 Å². The van der Waals surface area contributed by atoms with E-state index in [2.05, 4.69) is 15.9 Å². The maximum atomic E-state index is 10.4. The Bertz CT molecular complexity index is 340. The molecule has 0 radical (unpaired) electrons. The van der Waals surface area contributed by atoms with Gasteiger partial charge in [-0.1, -0.05) is 17.7 Å². The van der Waals surface area contributed by atoms with Crippen molar-refractivity contribution >= 4 is 33.5 Å². The van der Waals surface area contributed by atoms with Crippen LogP contribution in [0.2, 0.25) is 5.02 Å². The van der Waals surface area contributed by atoms with Gasteiger partial charge in [-0.25, -0.2) is 4.79 Å². The second-order valence-electron chi connectivity index (χ2n) is 2.41. The molecule has 1 aromatic rings. The van der Waals surface area contributed by atoms with Crippen molar-refractivity contribution in [1.29, 1.82) is 0 Å². The lowest BCUT2D eigenvalue weighted by Crippen LogP contribution is -2.10. The Hall–Kier alpha value is -0.580. The van der Waals surface area contributed by atoms with Crippen molar-refractivity contribution in [1.82, 2.24) is 0 Å². The first-order valence-electron chi connectivity index (χ1n) is 3.38. The number of carbonyl (C=O) groups is 1. The lowest BCUT2D eigenvalue weighted by atomic mass is 10.1. The molecule has 0 aliphatic rings. The molecule has 0 bridgehead atoms. The normalized spacial score (nSPS) is 12.5. The maximum absolute atomic E-state index is 10.4. The molecule has 1 aromatic carbocycles. The number of halogens is 2. The summed E-state index contributed by atoms with van der Waals surface area (Å²) in [5.74, 6) is -1.29. The van der Waals surface area contributed by atoms with Crippen molar-refractivity contribution in [3.63, 3.8) is 0 Å². The van der Waals surface area contributed by atoms with Crippen LogP contribution < -0.4 is 0 Å². The standard InChI is InChI=1S/C8H6BrClO3/c9-5-2-1-4(3-6(5)10)7(11)8(12)13/h1-3,7,11H,(H,12,13)/t7-/m1/s1. The fraction of sp³-hybridized carbons (Fsp3) is 0.125. The number of rotatable bonds is 2. The van der Waals surface area contributed by atoms with Crippen LogP contribution in [-0.2, 0) is 4.79 Å². The average Bonchev–Trinajstić information content (AvgIpc) is 2.08. The van der Waals surface area contributed by atoms with Gasteiger partial charge in [0.1, 0.15) is 0 Å². The van der Waals surface area contributed by atoms with E-state index < -0.39 is 12.1 Å². The number of aliphatic carboxylic acids is 1. The summed E-state index contributed by atoms with van der Waals surface area (Å²) < 4.78 is 0.663. The largest absolute Gasteiger partial charge is 0.479 e. The summed E-state index contributed by atoms with van der Waals surface area (Å²) in [6.45, 7) is 0. The van der Waals surface area contributed by atoms with Gasteiger partial charge in [0.05, 0.1) is 5.02 Å². The van der Waals surface area contributed by atoms with Gasteiger partial charge in [-0.05, 0) is 33.6 Å². The first-order valence-corrected chi connectivity index (χ1v) is 4.55. The quantitative estimate of drug-likeness (QED) is 0.862. The SMILES string of the molecule is O=C(O)[C@H](O)c1ccc(Br)c(Cl)c1. The summed E-state index contributed by atoms with van der Waals surface area (Å²) in [5, 5.41) is 18.0. The zero-order chi connectivity index (χ0) is 10.0. The molecule has 1 atom stereocenters. The molecule has 0 spiro atoms. The molecule has 0 unspecified atom stereocenters. The highest BCUT2D eigenvalue weighted by Gasteiger charge is 2.16. The molecular weight excluding hydrogens is 259 g/mol. The highest BCUT2D eigenvalue weighted by molar-refractivity contribution is 9.10. The zero-order valence-electron chi connectivity index (χ0n) is 6.37. The molecule has 0 amide bonds. The van der Waals surface area contributed by atoms with E-state index in [0.717, 1.165) is 0 Å². The molecule has 0 heterocycles. The van der Waals surface area contributed by atoms with Crippen LogP contribution in [0.3, 0.4) is 0 Å². The molecule has 0 fully saturated rings. The van der Waals surface area contributed by atoms with Crippen molar-refractivity contribution in [2.75, 3.05) is 0 Å². The number of aliphatic hydroxyl groups excluding tert-OH is 1. The summed E-state index contributed by atoms with van der Waals surface area (Å²) in [6, 6.07) is 4.49. The van der Waals surface area contributed by atoms with Gasteiger partial charge < -0.3 is 10.2 Å². The Morgan fingerprint density at radius 1 is 1.54 bits per heavy atom. The van der Waals surface area contributed by atoms with E-state index in [0.29, 0.717) is 9.50 Å². The first kappa shape index (κ1) is 10.5. The second kappa shape index (κ2) is 4.09. The summed E-state index contributed by atoms with van der Waals surface area (Å²) >= 11 is 8.87. The molecule has 3 nitrogen and oxygen atoms in total. The van der Waals surface area contributed by atoms with Gasteiger partial charge in [0.25, 0.3) is 0 Å². The minimum absolute atomic E-state index is 0.265. The van der Waals surface area contributed by atoms with E-state index in [1.54, 1.807) is 6.07 Å². The van der Waals surface area contributed by atoms with Crippen LogP contribution >= 0.6 is 27.5 Å². The number of hydrogen-bond acceptors (Lipinski definition) is 2. The maximum Gasteiger partial charge on any atom is 0.337 e. The molecule has 0 aromatic heterocycles. The van der Waals surface area contributed by atoms with E-state index in [1.807, 2.05) is 0 Å². The van der Waals surface area contributed by atoms with Crippen molar-refractivity contribution in [3.8, 4) is 0 Å². The number of aliphatic hydroxyl groups is 1. The Kier molecular flexibility index (Phi) is 3.30. The summed E-state index contributed by atoms with van der Waals surface area (Å²) in [4.78, 5) is 10.4. The van der Waals surface area contributed by atoms with Gasteiger partial charge >= 0.3 is 5.97 Å². The van der Waals surface area contributed by atoms with Crippen LogP contribution in [0.25, 0.3) is 0 Å². The molecule has 0 aliphatic heterocycles. The van der Waals surface area contributed by atoms with Crippen molar-refractivity contribution in [3.05, 3.63) is 33.3 Å². The predicted octanol–water partition coefficient (Wildman–Crippen LogP) is 2.22. The van der Waals surface area contributed by atoms with Crippen LogP contribution in [0.4, 0.5) is 0 Å². The molecule has 0 aliphatic carbocycles. The average molecular weight is 265 g/mol. The fourth-order valence-corrected chi connectivity index (χ4v) is 1.26. The highest BCUT2D eigenvalue weighted by Crippen LogP contribution is 2.25. The molecule has 13 heavy (non-hydrogen) atoms. The molecular formula is C8H6BrClO3. The minimum atomic E-state index is -1.52. The smallest absolute Gasteiger partial charge is 0.337 e. The number of carboxylic acid groups (broad SMARTS) is 1. The van der Waals surface area contributed by atoms with Gasteiger partial charge in [-0.3, -0.25) is 0 Å². The van der Waals surface area contributed by atoms with Crippen LogP contribution in [0.15, 0.2) is 22.7 Å². The van der Waals surface area contributed by atoms with Crippen molar-refractivity contribution in [2.45, 2.75) is 6.10 Å². The van der Waals surface area contributed by atoms with Crippen LogP contribution in [0.5, 0.6) is 0 Å². The molecule has 70 valence electrons. The fourth-order valence-electron chi connectivity index (χ4n) is 0.825. The lowest BCUT2D eigenvalue weighted by molar-refractivity contribution is -0.146. The monoisotopic (exact) mass is 264 g/mol. The highest BCUT2D eigenvalue weighted by atomic mass is 79.9. The molecule has 0 saturated carbocycles. The lowest BCUT2D eigenvalue weighted by Gasteiger charge is -2.06. The Morgan fingerprint density at radius 3 is 2.62 bits per heavy atom. The second-order valence-corrected chi connectivity index (χ2v) is 3.68. The molecule has 1 rings (SSSR count). The van der Waals surface area contributed by atoms with Crippen molar-refractivity contribution < 1.29 is 15.0 Å². The summed E-state index contributed by atoms with van der Waals surface area (Å²) in [7, 11) is 0. The van der Waals surface area contributed by atoms with E-state index in [-0.39, 0.29) is 5.56 Å². The molecule has 5 heteroatoms. The Morgan fingerprint density at radius 2 is 2.15 bits per heavy atom. The molecule has 2 N–H and O–H groups in total. The number of hydrogen-bond donors (Lipinski definition) is 2. The topological polar surface area (TPSA) is 57.5 Å². The first-order chi connectivity index (χ1) is 6.02. The predicted molar refractivity (Wildman–Crippen MR) is 51.7 cm³/mol. The summed E-state index contributed by atoms with van der Waals surface area (Å²) in [6.07, 6.45) is -1.52. The van der Waals surface area contributed by atoms with E-state index >= 15 is 0 Å². The minimum Gasteiger partial charge on any atom is -0.479 e. The number of benzene rings is 1. The van der Waals surface area contributed by atoms with Gasteiger partial charge in [-0.15, -0.1) is 0 Å². The number of carboxylic acids is 1. The summed E-state index contributed by atoms with van der Waals surface area (Å²) in [5.41, 5.74) is 0.265. The zero-order valence-corrected chi connectivity index (χ0v) is 8.71. The Labute approximate surface area is 88.1 Å². The van der Waals surface area contributed by atoms with Gasteiger partial charge in [0, 0.05) is 4.47 Å². The van der Waals surface area contributed by atoms with Gasteiger partial charge in [-0.2, -0.15) is 0 Å². The van der Waals surface area contributed by atoms with E-state index in [9.17, 15) is 4.79 Å². The van der Waals surface area contributed by atoms with Gasteiger partial charge in [0.2, 0.25) is 0 Å². The van der Waals surface area contributed by atoms with Crippen LogP contribution in [-0.4, -0.2) is 16.2 Å².